The van der Waals surface area contributed by atoms with Gasteiger partial charge in [-0.2, -0.15) is 5.10 Å². The van der Waals surface area contributed by atoms with E-state index < -0.39 is 0 Å². The summed E-state index contributed by atoms with van der Waals surface area (Å²) in [6.07, 6.45) is 5.79. The van der Waals surface area contributed by atoms with Crippen LogP contribution in [0.1, 0.15) is 19.4 Å². The maximum absolute atomic E-state index is 12.3. The number of hydrogen-bond acceptors (Lipinski definition) is 2. The molecule has 0 aliphatic heterocycles. The van der Waals surface area contributed by atoms with Crippen LogP contribution in [-0.4, -0.2) is 14.3 Å². The van der Waals surface area contributed by atoms with Gasteiger partial charge in [0.25, 0.3) is 5.56 Å². The quantitative estimate of drug-likeness (QED) is 0.855. The minimum atomic E-state index is -0.0268. The summed E-state index contributed by atoms with van der Waals surface area (Å²) in [5.74, 6) is 0.415. The molecule has 96 valence electrons. The predicted molar refractivity (Wildman–Crippen MR) is 72.4 cm³/mol. The summed E-state index contributed by atoms with van der Waals surface area (Å²) in [5.41, 5.74) is 1.44. The first-order chi connectivity index (χ1) is 8.47. The van der Waals surface area contributed by atoms with Gasteiger partial charge in [-0.1, -0.05) is 25.4 Å². The first-order valence-electron chi connectivity index (χ1n) is 5.87. The molecule has 2 heterocycles. The highest BCUT2D eigenvalue weighted by atomic mass is 35.5. The molecule has 2 rings (SSSR count). The van der Waals surface area contributed by atoms with E-state index in [0.29, 0.717) is 10.9 Å². The van der Waals surface area contributed by atoms with Gasteiger partial charge in [-0.15, -0.1) is 0 Å². The molecular weight excluding hydrogens is 250 g/mol. The molecule has 18 heavy (non-hydrogen) atoms. The molecule has 0 aliphatic rings. The summed E-state index contributed by atoms with van der Waals surface area (Å²) >= 11 is 6.08. The lowest BCUT2D eigenvalue weighted by Gasteiger charge is -2.09. The fraction of sp³-hybridized carbons (Fsp3) is 0.385. The summed E-state index contributed by atoms with van der Waals surface area (Å²) in [7, 11) is 1.81. The third-order valence-corrected chi connectivity index (χ3v) is 2.86. The minimum Gasteiger partial charge on any atom is -0.279 e. The van der Waals surface area contributed by atoms with Crippen molar-refractivity contribution in [1.82, 2.24) is 14.3 Å². The Morgan fingerprint density at radius 2 is 2.11 bits per heavy atom. The second-order valence-corrected chi connectivity index (χ2v) is 5.27. The minimum absolute atomic E-state index is 0.0268. The number of aryl methyl sites for hydroxylation is 1. The van der Waals surface area contributed by atoms with Gasteiger partial charge in [-0.05, 0) is 18.4 Å². The first kappa shape index (κ1) is 12.9. The molecule has 0 aliphatic carbocycles. The highest BCUT2D eigenvalue weighted by Crippen LogP contribution is 2.13. The number of pyridine rings is 1. The van der Waals surface area contributed by atoms with Gasteiger partial charge >= 0.3 is 0 Å². The van der Waals surface area contributed by atoms with Crippen LogP contribution < -0.4 is 5.56 Å². The van der Waals surface area contributed by atoms with Crippen molar-refractivity contribution in [1.29, 1.82) is 0 Å². The van der Waals surface area contributed by atoms with E-state index >= 15 is 0 Å². The van der Waals surface area contributed by atoms with Crippen LogP contribution in [-0.2, 0) is 13.5 Å². The third-order valence-electron chi connectivity index (χ3n) is 2.66. The molecule has 5 heteroatoms. The Kier molecular flexibility index (Phi) is 3.57. The summed E-state index contributed by atoms with van der Waals surface area (Å²) in [6.45, 7) is 4.16. The van der Waals surface area contributed by atoms with Crippen molar-refractivity contribution in [2.24, 2.45) is 13.0 Å². The van der Waals surface area contributed by atoms with Crippen LogP contribution in [0.5, 0.6) is 0 Å². The van der Waals surface area contributed by atoms with Gasteiger partial charge in [0.15, 0.2) is 0 Å². The van der Waals surface area contributed by atoms with Gasteiger partial charge < -0.3 is 0 Å². The average Bonchev–Trinajstić information content (AvgIpc) is 2.69. The number of aromatic nitrogens is 3. The van der Waals surface area contributed by atoms with Gasteiger partial charge in [0.2, 0.25) is 0 Å². The van der Waals surface area contributed by atoms with E-state index in [1.54, 1.807) is 33.9 Å². The van der Waals surface area contributed by atoms with E-state index in [1.807, 2.05) is 7.05 Å². The standard InChI is InChI=1S/C13H16ClN3O/c1-9(2)4-10-5-11(14)7-17(13(10)18)12-6-15-16(3)8-12/h5-9H,4H2,1-3H3. The molecule has 0 atom stereocenters. The van der Waals surface area contributed by atoms with Gasteiger partial charge in [-0.25, -0.2) is 0 Å². The Labute approximate surface area is 111 Å². The van der Waals surface area contributed by atoms with Gasteiger partial charge in [-0.3, -0.25) is 14.0 Å². The smallest absolute Gasteiger partial charge is 0.258 e. The van der Waals surface area contributed by atoms with Crippen molar-refractivity contribution < 1.29 is 0 Å². The Hall–Kier alpha value is -1.55. The fourth-order valence-electron chi connectivity index (χ4n) is 1.91. The molecule has 0 saturated heterocycles. The van der Waals surface area contributed by atoms with Crippen LogP contribution in [0.25, 0.3) is 5.69 Å². The van der Waals surface area contributed by atoms with E-state index in [-0.39, 0.29) is 5.56 Å². The molecule has 0 spiro atoms. The molecule has 0 unspecified atom stereocenters. The van der Waals surface area contributed by atoms with Crippen LogP contribution in [0.15, 0.2) is 29.5 Å². The molecule has 0 saturated carbocycles. The molecule has 2 aromatic rings. The molecule has 0 radical (unpaired) electrons. The number of nitrogens with zero attached hydrogens (tertiary/aromatic N) is 3. The Morgan fingerprint density at radius 3 is 2.67 bits per heavy atom. The number of rotatable bonds is 3. The molecular formula is C13H16ClN3O. The van der Waals surface area contributed by atoms with Crippen LogP contribution in [0.4, 0.5) is 0 Å². The number of hydrogen-bond donors (Lipinski definition) is 0. The van der Waals surface area contributed by atoms with Gasteiger partial charge in [0.1, 0.15) is 0 Å². The third kappa shape index (κ3) is 2.64. The molecule has 0 bridgehead atoms. The van der Waals surface area contributed by atoms with Crippen LogP contribution >= 0.6 is 11.6 Å². The molecule has 0 N–H and O–H groups in total. The van der Waals surface area contributed by atoms with Crippen molar-refractivity contribution in [2.75, 3.05) is 0 Å². The zero-order chi connectivity index (χ0) is 13.3. The van der Waals surface area contributed by atoms with Crippen molar-refractivity contribution in [3.8, 4) is 5.69 Å². The lowest BCUT2D eigenvalue weighted by atomic mass is 10.0. The molecule has 0 fully saturated rings. The fourth-order valence-corrected chi connectivity index (χ4v) is 2.14. The second-order valence-electron chi connectivity index (χ2n) is 4.83. The Bertz CT molecular complexity index is 613. The monoisotopic (exact) mass is 265 g/mol. The SMILES string of the molecule is CC(C)Cc1cc(Cl)cn(-c2cnn(C)c2)c1=O. The topological polar surface area (TPSA) is 39.8 Å². The Morgan fingerprint density at radius 1 is 1.39 bits per heavy atom. The summed E-state index contributed by atoms with van der Waals surface area (Å²) in [5, 5.41) is 4.63. The van der Waals surface area contributed by atoms with E-state index in [4.69, 9.17) is 11.6 Å². The van der Waals surface area contributed by atoms with E-state index in [1.165, 1.54) is 0 Å². The Balaban J connectivity index is 2.54. The number of halogens is 1. The highest BCUT2D eigenvalue weighted by Gasteiger charge is 2.10. The second kappa shape index (κ2) is 4.98. The molecule has 4 nitrogen and oxygen atoms in total. The largest absolute Gasteiger partial charge is 0.279 e. The maximum Gasteiger partial charge on any atom is 0.258 e. The lowest BCUT2D eigenvalue weighted by molar-refractivity contribution is 0.639. The zero-order valence-electron chi connectivity index (χ0n) is 10.7. The van der Waals surface area contributed by atoms with Crippen LogP contribution in [0, 0.1) is 5.92 Å². The summed E-state index contributed by atoms with van der Waals surface area (Å²) in [6, 6.07) is 1.75. The van der Waals surface area contributed by atoms with Crippen LogP contribution in [0.3, 0.4) is 0 Å². The van der Waals surface area contributed by atoms with E-state index in [9.17, 15) is 4.79 Å². The first-order valence-corrected chi connectivity index (χ1v) is 6.25. The van der Waals surface area contributed by atoms with E-state index in [2.05, 4.69) is 18.9 Å². The summed E-state index contributed by atoms with van der Waals surface area (Å²) in [4.78, 5) is 12.3. The molecule has 0 aromatic carbocycles. The van der Waals surface area contributed by atoms with Crippen molar-refractivity contribution in [3.63, 3.8) is 0 Å². The summed E-state index contributed by atoms with van der Waals surface area (Å²) < 4.78 is 3.21. The zero-order valence-corrected chi connectivity index (χ0v) is 11.5. The predicted octanol–water partition coefficient (Wildman–Crippen LogP) is 2.42. The van der Waals surface area contributed by atoms with Crippen LogP contribution in [0.2, 0.25) is 5.02 Å². The highest BCUT2D eigenvalue weighted by molar-refractivity contribution is 6.30. The average molecular weight is 266 g/mol. The van der Waals surface area contributed by atoms with Gasteiger partial charge in [0, 0.05) is 25.0 Å². The maximum atomic E-state index is 12.3. The van der Waals surface area contributed by atoms with E-state index in [0.717, 1.165) is 17.7 Å². The van der Waals surface area contributed by atoms with Crippen molar-refractivity contribution >= 4 is 11.6 Å². The van der Waals surface area contributed by atoms with Crippen molar-refractivity contribution in [2.45, 2.75) is 20.3 Å². The lowest BCUT2D eigenvalue weighted by Crippen LogP contribution is -2.22. The van der Waals surface area contributed by atoms with Crippen molar-refractivity contribution in [3.05, 3.63) is 45.6 Å². The molecule has 2 aromatic heterocycles. The molecule has 0 amide bonds. The normalized spacial score (nSPS) is 11.2. The van der Waals surface area contributed by atoms with Gasteiger partial charge in [0.05, 0.1) is 16.9 Å².